The third-order valence-electron chi connectivity index (χ3n) is 3.30. The van der Waals surface area contributed by atoms with E-state index in [0.29, 0.717) is 0 Å². The summed E-state index contributed by atoms with van der Waals surface area (Å²) < 4.78 is 0.882. The molecule has 2 aliphatic carbocycles. The molecule has 16 heavy (non-hydrogen) atoms. The second-order valence-corrected chi connectivity index (χ2v) is 5.16. The summed E-state index contributed by atoms with van der Waals surface area (Å²) in [5.74, 6) is 0. The zero-order valence-electron chi connectivity index (χ0n) is 9.16. The number of rotatable bonds is 1. The molecule has 0 saturated carbocycles. The van der Waals surface area contributed by atoms with Crippen LogP contribution in [0.5, 0.6) is 0 Å². The number of nitrogens with zero attached hydrogens (tertiary/aromatic N) is 1. The standard InChI is InChI=1S/C12H12BrNO2/c1-8-9-5-3-4-6-12(9,2)11(13)7-10(8)14(15)16/h3-5,7H,6H2,1-2H3. The van der Waals surface area contributed by atoms with Crippen molar-refractivity contribution in [3.63, 3.8) is 0 Å². The lowest BCUT2D eigenvalue weighted by atomic mass is 9.70. The van der Waals surface area contributed by atoms with Crippen LogP contribution in [0.2, 0.25) is 0 Å². The van der Waals surface area contributed by atoms with Crippen molar-refractivity contribution in [3.8, 4) is 0 Å². The van der Waals surface area contributed by atoms with Crippen molar-refractivity contribution in [2.45, 2.75) is 20.3 Å². The quantitative estimate of drug-likeness (QED) is 0.543. The van der Waals surface area contributed by atoms with E-state index < -0.39 is 0 Å². The van der Waals surface area contributed by atoms with Gasteiger partial charge in [0, 0.05) is 21.5 Å². The maximum atomic E-state index is 10.9. The molecule has 1 unspecified atom stereocenters. The third-order valence-corrected chi connectivity index (χ3v) is 4.40. The molecule has 0 aromatic heterocycles. The van der Waals surface area contributed by atoms with Crippen LogP contribution in [0.15, 0.2) is 45.6 Å². The Morgan fingerprint density at radius 2 is 2.25 bits per heavy atom. The van der Waals surface area contributed by atoms with Crippen LogP contribution >= 0.6 is 15.9 Å². The van der Waals surface area contributed by atoms with Gasteiger partial charge >= 0.3 is 0 Å². The second kappa shape index (κ2) is 3.70. The van der Waals surface area contributed by atoms with Gasteiger partial charge in [0.25, 0.3) is 5.70 Å². The van der Waals surface area contributed by atoms with Gasteiger partial charge in [-0.15, -0.1) is 0 Å². The monoisotopic (exact) mass is 281 g/mol. The number of nitro groups is 1. The SMILES string of the molecule is CC1=C([N+](=O)[O-])C=C(Br)C2(C)CC=CC=C12. The Kier molecular flexibility index (Phi) is 2.62. The van der Waals surface area contributed by atoms with Gasteiger partial charge in [-0.2, -0.15) is 0 Å². The van der Waals surface area contributed by atoms with Crippen LogP contribution in [0, 0.1) is 15.5 Å². The highest BCUT2D eigenvalue weighted by Gasteiger charge is 2.39. The lowest BCUT2D eigenvalue weighted by molar-refractivity contribution is -0.420. The van der Waals surface area contributed by atoms with Crippen molar-refractivity contribution in [1.29, 1.82) is 0 Å². The number of hydrogen-bond donors (Lipinski definition) is 0. The summed E-state index contributed by atoms with van der Waals surface area (Å²) in [5.41, 5.74) is 1.85. The van der Waals surface area contributed by atoms with Gasteiger partial charge in [-0.25, -0.2) is 0 Å². The number of fused-ring (bicyclic) bond motifs is 1. The van der Waals surface area contributed by atoms with Crippen molar-refractivity contribution < 1.29 is 4.92 Å². The molecule has 0 saturated heterocycles. The van der Waals surface area contributed by atoms with Gasteiger partial charge in [0.2, 0.25) is 0 Å². The molecule has 0 bridgehead atoms. The average Bonchev–Trinajstić information content (AvgIpc) is 2.23. The van der Waals surface area contributed by atoms with Gasteiger partial charge in [-0.05, 0) is 18.9 Å². The molecule has 84 valence electrons. The minimum absolute atomic E-state index is 0.141. The summed E-state index contributed by atoms with van der Waals surface area (Å²) in [4.78, 5) is 10.6. The largest absolute Gasteiger partial charge is 0.273 e. The Hall–Kier alpha value is -1.16. The van der Waals surface area contributed by atoms with E-state index in [1.807, 2.05) is 19.1 Å². The van der Waals surface area contributed by atoms with E-state index in [0.717, 1.165) is 22.0 Å². The molecule has 0 amide bonds. The Balaban J connectivity index is 2.64. The van der Waals surface area contributed by atoms with Gasteiger partial charge in [0.05, 0.1) is 4.92 Å². The fourth-order valence-electron chi connectivity index (χ4n) is 2.24. The lowest BCUT2D eigenvalue weighted by Crippen LogP contribution is -2.26. The molecule has 2 aliphatic rings. The first-order valence-electron chi connectivity index (χ1n) is 5.07. The molecule has 2 rings (SSSR count). The molecule has 0 fully saturated rings. The zero-order valence-corrected chi connectivity index (χ0v) is 10.7. The summed E-state index contributed by atoms with van der Waals surface area (Å²) in [7, 11) is 0. The summed E-state index contributed by atoms with van der Waals surface area (Å²) in [6, 6.07) is 0. The Morgan fingerprint density at radius 1 is 1.56 bits per heavy atom. The highest BCUT2D eigenvalue weighted by Crippen LogP contribution is 2.50. The highest BCUT2D eigenvalue weighted by molar-refractivity contribution is 9.11. The van der Waals surface area contributed by atoms with Crippen molar-refractivity contribution in [2.75, 3.05) is 0 Å². The van der Waals surface area contributed by atoms with Crippen LogP contribution in [-0.4, -0.2) is 4.92 Å². The van der Waals surface area contributed by atoms with E-state index in [9.17, 15) is 10.1 Å². The third kappa shape index (κ3) is 1.48. The normalized spacial score (nSPS) is 28.4. The molecule has 0 aromatic carbocycles. The van der Waals surface area contributed by atoms with Crippen LogP contribution in [0.4, 0.5) is 0 Å². The van der Waals surface area contributed by atoms with Crippen LogP contribution in [-0.2, 0) is 0 Å². The van der Waals surface area contributed by atoms with Crippen LogP contribution in [0.3, 0.4) is 0 Å². The molecule has 0 N–H and O–H groups in total. The second-order valence-electron chi connectivity index (χ2n) is 4.30. The number of allylic oxidation sites excluding steroid dienone is 7. The van der Waals surface area contributed by atoms with Crippen LogP contribution in [0.1, 0.15) is 20.3 Å². The average molecular weight is 282 g/mol. The van der Waals surface area contributed by atoms with Crippen molar-refractivity contribution in [1.82, 2.24) is 0 Å². The number of hydrogen-bond acceptors (Lipinski definition) is 2. The molecule has 0 heterocycles. The van der Waals surface area contributed by atoms with Gasteiger partial charge in [0.15, 0.2) is 0 Å². The van der Waals surface area contributed by atoms with E-state index in [1.165, 1.54) is 0 Å². The molecule has 0 aliphatic heterocycles. The molecule has 1 atom stereocenters. The van der Waals surface area contributed by atoms with E-state index in [1.54, 1.807) is 6.08 Å². The van der Waals surface area contributed by atoms with E-state index in [4.69, 9.17) is 0 Å². The predicted octanol–water partition coefficient (Wildman–Crippen LogP) is 3.72. The van der Waals surface area contributed by atoms with Gasteiger partial charge < -0.3 is 0 Å². The van der Waals surface area contributed by atoms with E-state index in [2.05, 4.69) is 28.9 Å². The van der Waals surface area contributed by atoms with Crippen LogP contribution < -0.4 is 0 Å². The smallest absolute Gasteiger partial charge is 0.258 e. The topological polar surface area (TPSA) is 43.1 Å². The molecule has 0 spiro atoms. The maximum absolute atomic E-state index is 10.9. The minimum atomic E-state index is -0.324. The van der Waals surface area contributed by atoms with E-state index >= 15 is 0 Å². The summed E-state index contributed by atoms with van der Waals surface area (Å²) in [6.07, 6.45) is 8.52. The first-order chi connectivity index (χ1) is 7.47. The Morgan fingerprint density at radius 3 is 2.88 bits per heavy atom. The lowest BCUT2D eigenvalue weighted by Gasteiger charge is -2.36. The van der Waals surface area contributed by atoms with Gasteiger partial charge in [0.1, 0.15) is 0 Å². The van der Waals surface area contributed by atoms with Crippen molar-refractivity contribution in [2.24, 2.45) is 5.41 Å². The van der Waals surface area contributed by atoms with Crippen molar-refractivity contribution in [3.05, 3.63) is 55.7 Å². The van der Waals surface area contributed by atoms with Gasteiger partial charge in [-0.3, -0.25) is 10.1 Å². The fourth-order valence-corrected chi connectivity index (χ4v) is 2.83. The van der Waals surface area contributed by atoms with Gasteiger partial charge in [-0.1, -0.05) is 41.1 Å². The molecule has 0 radical (unpaired) electrons. The first-order valence-corrected chi connectivity index (χ1v) is 5.87. The zero-order chi connectivity index (χ0) is 11.9. The predicted molar refractivity (Wildman–Crippen MR) is 66.7 cm³/mol. The molecular weight excluding hydrogens is 270 g/mol. The molecule has 3 nitrogen and oxygen atoms in total. The van der Waals surface area contributed by atoms with Crippen LogP contribution in [0.25, 0.3) is 0 Å². The number of halogens is 1. The summed E-state index contributed by atoms with van der Waals surface area (Å²) >= 11 is 3.47. The summed E-state index contributed by atoms with van der Waals surface area (Å²) in [6.45, 7) is 3.92. The first kappa shape index (κ1) is 11.3. The fraction of sp³-hybridized carbons (Fsp3) is 0.333. The highest BCUT2D eigenvalue weighted by atomic mass is 79.9. The van der Waals surface area contributed by atoms with E-state index in [-0.39, 0.29) is 16.0 Å². The molecular formula is C12H12BrNO2. The minimum Gasteiger partial charge on any atom is -0.258 e. The molecule has 4 heteroatoms. The Labute approximate surface area is 103 Å². The summed E-state index contributed by atoms with van der Waals surface area (Å²) in [5, 5.41) is 10.9. The molecule has 0 aromatic rings. The maximum Gasteiger partial charge on any atom is 0.273 e. The Bertz CT molecular complexity index is 485. The van der Waals surface area contributed by atoms with Crippen molar-refractivity contribution >= 4 is 15.9 Å².